The summed E-state index contributed by atoms with van der Waals surface area (Å²) in [4.78, 5) is 11.9. The van der Waals surface area contributed by atoms with E-state index in [2.05, 4.69) is 31.4 Å². The molecule has 2 rings (SSSR count). The van der Waals surface area contributed by atoms with E-state index in [0.717, 1.165) is 12.5 Å². The van der Waals surface area contributed by atoms with Crippen LogP contribution in [0.4, 0.5) is 0 Å². The molecular weight excluding hydrogens is 236 g/mol. The molecule has 0 aromatic carbocycles. The molecule has 2 fully saturated rings. The highest BCUT2D eigenvalue weighted by atomic mass is 16.2. The van der Waals surface area contributed by atoms with E-state index >= 15 is 0 Å². The topological polar surface area (TPSA) is 41.1 Å². The van der Waals surface area contributed by atoms with Crippen molar-refractivity contribution < 1.29 is 4.79 Å². The molecule has 1 amide bonds. The van der Waals surface area contributed by atoms with Crippen LogP contribution in [0.5, 0.6) is 0 Å². The number of nitrogens with one attached hydrogen (secondary N) is 2. The third-order valence-corrected chi connectivity index (χ3v) is 5.86. The fourth-order valence-corrected chi connectivity index (χ4v) is 4.59. The molecule has 0 radical (unpaired) electrons. The smallest absolute Gasteiger partial charge is 0.226 e. The van der Waals surface area contributed by atoms with Crippen molar-refractivity contribution >= 4 is 5.91 Å². The largest absolute Gasteiger partial charge is 0.359 e. The van der Waals surface area contributed by atoms with Crippen molar-refractivity contribution in [3.05, 3.63) is 0 Å². The summed E-state index contributed by atoms with van der Waals surface area (Å²) in [6, 6.07) is 0.530. The molecule has 2 aliphatic carbocycles. The van der Waals surface area contributed by atoms with Crippen LogP contribution in [0.1, 0.15) is 53.9 Å². The summed E-state index contributed by atoms with van der Waals surface area (Å²) in [7, 11) is 1.72. The summed E-state index contributed by atoms with van der Waals surface area (Å²) in [6.45, 7) is 12.0. The molecule has 110 valence electrons. The number of hydrogen-bond acceptors (Lipinski definition) is 2. The van der Waals surface area contributed by atoms with Gasteiger partial charge in [0.25, 0.3) is 0 Å². The molecule has 3 nitrogen and oxygen atoms in total. The second-order valence-electron chi connectivity index (χ2n) is 8.19. The molecule has 2 N–H and O–H groups in total. The van der Waals surface area contributed by atoms with Crippen molar-refractivity contribution in [2.24, 2.45) is 22.2 Å². The minimum absolute atomic E-state index is 0.117. The zero-order chi connectivity index (χ0) is 14.5. The van der Waals surface area contributed by atoms with Gasteiger partial charge in [0.05, 0.1) is 5.41 Å². The lowest BCUT2D eigenvalue weighted by Gasteiger charge is -2.44. The molecule has 0 aromatic heterocycles. The Hall–Kier alpha value is -0.570. The monoisotopic (exact) mass is 266 g/mol. The SMILES string of the molecule is CNC(=O)C(C)(C)CNC1C(C)(C)[C@H]2CC[C@]1(C)C2. The highest BCUT2D eigenvalue weighted by Crippen LogP contribution is 2.62. The molecule has 1 unspecified atom stereocenters. The van der Waals surface area contributed by atoms with Crippen LogP contribution in [-0.2, 0) is 4.79 Å². The molecule has 0 aromatic rings. The second-order valence-corrected chi connectivity index (χ2v) is 8.19. The third kappa shape index (κ3) is 2.31. The van der Waals surface area contributed by atoms with Crippen LogP contribution in [0.3, 0.4) is 0 Å². The first kappa shape index (κ1) is 14.8. The van der Waals surface area contributed by atoms with Crippen LogP contribution in [0.25, 0.3) is 0 Å². The van der Waals surface area contributed by atoms with Crippen molar-refractivity contribution in [2.45, 2.75) is 59.9 Å². The van der Waals surface area contributed by atoms with Gasteiger partial charge in [-0.15, -0.1) is 0 Å². The van der Waals surface area contributed by atoms with Crippen molar-refractivity contribution in [3.8, 4) is 0 Å². The van der Waals surface area contributed by atoms with E-state index in [1.807, 2.05) is 13.8 Å². The Kier molecular flexibility index (Phi) is 3.49. The summed E-state index contributed by atoms with van der Waals surface area (Å²) >= 11 is 0. The molecule has 0 heterocycles. The Bertz CT molecular complexity index is 370. The van der Waals surface area contributed by atoms with Crippen molar-refractivity contribution in [2.75, 3.05) is 13.6 Å². The van der Waals surface area contributed by atoms with Crippen LogP contribution >= 0.6 is 0 Å². The number of amides is 1. The Morgan fingerprint density at radius 1 is 1.32 bits per heavy atom. The molecule has 3 heteroatoms. The van der Waals surface area contributed by atoms with Gasteiger partial charge in [-0.25, -0.2) is 0 Å². The highest BCUT2D eigenvalue weighted by Gasteiger charge is 2.59. The standard InChI is InChI=1S/C16H30N2O/c1-14(2,13(19)17-6)10-18-12-15(3,4)11-7-8-16(12,5)9-11/h11-12,18H,7-10H2,1-6H3,(H,17,19)/t11-,12?,16+/m0/s1. The first-order valence-electron chi connectivity index (χ1n) is 7.59. The molecular formula is C16H30N2O. The molecule has 0 spiro atoms. The fourth-order valence-electron chi connectivity index (χ4n) is 4.59. The van der Waals surface area contributed by atoms with Gasteiger partial charge in [0.15, 0.2) is 0 Å². The Morgan fingerprint density at radius 3 is 2.42 bits per heavy atom. The molecule has 2 saturated carbocycles. The third-order valence-electron chi connectivity index (χ3n) is 5.86. The lowest BCUT2D eigenvalue weighted by atomic mass is 9.68. The van der Waals surface area contributed by atoms with E-state index in [1.165, 1.54) is 19.3 Å². The van der Waals surface area contributed by atoms with Gasteiger partial charge in [-0.1, -0.05) is 20.8 Å². The first-order chi connectivity index (χ1) is 8.63. The van der Waals surface area contributed by atoms with Crippen molar-refractivity contribution in [3.63, 3.8) is 0 Å². The number of rotatable bonds is 4. The molecule has 19 heavy (non-hydrogen) atoms. The Labute approximate surface area is 117 Å². The normalized spacial score (nSPS) is 36.5. The summed E-state index contributed by atoms with van der Waals surface area (Å²) in [6.07, 6.45) is 4.05. The van der Waals surface area contributed by atoms with Crippen LogP contribution in [0, 0.1) is 22.2 Å². The molecule has 0 aliphatic heterocycles. The molecule has 2 bridgehead atoms. The molecule has 0 saturated heterocycles. The van der Waals surface area contributed by atoms with E-state index in [4.69, 9.17) is 0 Å². The van der Waals surface area contributed by atoms with Crippen LogP contribution < -0.4 is 10.6 Å². The quantitative estimate of drug-likeness (QED) is 0.821. The summed E-state index contributed by atoms with van der Waals surface area (Å²) in [5.74, 6) is 0.962. The predicted octanol–water partition coefficient (Wildman–Crippen LogP) is 2.56. The number of hydrogen-bond donors (Lipinski definition) is 2. The summed E-state index contributed by atoms with van der Waals surface area (Å²) in [5.41, 5.74) is 0.432. The average molecular weight is 266 g/mol. The van der Waals surface area contributed by atoms with E-state index < -0.39 is 0 Å². The van der Waals surface area contributed by atoms with Gasteiger partial charge in [-0.05, 0) is 49.9 Å². The summed E-state index contributed by atoms with van der Waals surface area (Å²) < 4.78 is 0. The van der Waals surface area contributed by atoms with Crippen LogP contribution in [-0.4, -0.2) is 25.5 Å². The van der Waals surface area contributed by atoms with Gasteiger partial charge in [0, 0.05) is 19.6 Å². The van der Waals surface area contributed by atoms with Crippen molar-refractivity contribution in [1.29, 1.82) is 0 Å². The zero-order valence-corrected chi connectivity index (χ0v) is 13.4. The average Bonchev–Trinajstić information content (AvgIpc) is 2.78. The highest BCUT2D eigenvalue weighted by molar-refractivity contribution is 5.81. The zero-order valence-electron chi connectivity index (χ0n) is 13.4. The predicted molar refractivity (Wildman–Crippen MR) is 78.9 cm³/mol. The lowest BCUT2D eigenvalue weighted by molar-refractivity contribution is -0.128. The van der Waals surface area contributed by atoms with Crippen LogP contribution in [0.2, 0.25) is 0 Å². The fraction of sp³-hybridized carbons (Fsp3) is 0.938. The minimum atomic E-state index is -0.344. The van der Waals surface area contributed by atoms with E-state index in [1.54, 1.807) is 7.05 Å². The van der Waals surface area contributed by atoms with E-state index in [9.17, 15) is 4.79 Å². The lowest BCUT2D eigenvalue weighted by Crippen LogP contribution is -2.54. The van der Waals surface area contributed by atoms with Crippen LogP contribution in [0.15, 0.2) is 0 Å². The minimum Gasteiger partial charge on any atom is -0.359 e. The van der Waals surface area contributed by atoms with E-state index in [-0.39, 0.29) is 11.3 Å². The maximum Gasteiger partial charge on any atom is 0.226 e. The first-order valence-corrected chi connectivity index (χ1v) is 7.59. The Balaban J connectivity index is 2.05. The maximum atomic E-state index is 11.9. The Morgan fingerprint density at radius 2 is 1.95 bits per heavy atom. The van der Waals surface area contributed by atoms with Gasteiger partial charge in [-0.2, -0.15) is 0 Å². The van der Waals surface area contributed by atoms with Gasteiger partial charge in [-0.3, -0.25) is 4.79 Å². The number of carbonyl (C=O) groups is 1. The van der Waals surface area contributed by atoms with Gasteiger partial charge in [0.2, 0.25) is 5.91 Å². The van der Waals surface area contributed by atoms with Crippen molar-refractivity contribution in [1.82, 2.24) is 10.6 Å². The second kappa shape index (κ2) is 4.47. The van der Waals surface area contributed by atoms with E-state index in [0.29, 0.717) is 16.9 Å². The summed E-state index contributed by atoms with van der Waals surface area (Å²) in [5, 5.41) is 6.50. The number of carbonyl (C=O) groups excluding carboxylic acids is 1. The van der Waals surface area contributed by atoms with Gasteiger partial charge in [0.1, 0.15) is 0 Å². The maximum absolute atomic E-state index is 11.9. The molecule has 2 aliphatic rings. The molecule has 3 atom stereocenters. The number of fused-ring (bicyclic) bond motifs is 2. The van der Waals surface area contributed by atoms with Gasteiger partial charge < -0.3 is 10.6 Å². The van der Waals surface area contributed by atoms with Gasteiger partial charge >= 0.3 is 0 Å².